The number of ketones is 2. The molecular weight excluding hydrogens is 525 g/mol. The van der Waals surface area contributed by atoms with Crippen molar-refractivity contribution in [2.45, 2.75) is 11.7 Å². The van der Waals surface area contributed by atoms with E-state index in [-0.39, 0.29) is 63.8 Å². The van der Waals surface area contributed by atoms with Gasteiger partial charge in [-0.1, -0.05) is 54.1 Å². The van der Waals surface area contributed by atoms with E-state index >= 15 is 0 Å². The summed E-state index contributed by atoms with van der Waals surface area (Å²) in [5.74, 6) is -6.58. The topological polar surface area (TPSA) is 135 Å². The number of Topliss-reactive ketones (excluding diaryl/α,β-unsaturated/α-hetero) is 2. The van der Waals surface area contributed by atoms with Crippen molar-refractivity contribution in [1.29, 1.82) is 0 Å². The minimum atomic E-state index is -2.44. The summed E-state index contributed by atoms with van der Waals surface area (Å²) >= 11 is 6.41. The third-order valence-corrected chi connectivity index (χ3v) is 7.23. The van der Waals surface area contributed by atoms with Crippen LogP contribution in [0.3, 0.4) is 0 Å². The van der Waals surface area contributed by atoms with Gasteiger partial charge in [0, 0.05) is 33.7 Å². The second-order valence-corrected chi connectivity index (χ2v) is 9.24. The van der Waals surface area contributed by atoms with E-state index < -0.39 is 47.0 Å². The van der Waals surface area contributed by atoms with Crippen molar-refractivity contribution in [2.24, 2.45) is 16.8 Å². The van der Waals surface area contributed by atoms with Crippen LogP contribution >= 0.6 is 11.6 Å². The predicted octanol–water partition coefficient (Wildman–Crippen LogP) is 0.369. The Morgan fingerprint density at radius 1 is 0.974 bits per heavy atom. The SMILES string of the molecule is O=C(O)[C@H]1[C@@H](C([O-])=Nc2ccc3c(c2)OCO3)[C@@H](c2ccccc2Cl)OC12C(=O)c1ccccc1C2=O.[Na+]. The fourth-order valence-corrected chi connectivity index (χ4v) is 5.51. The van der Waals surface area contributed by atoms with E-state index in [0.29, 0.717) is 11.5 Å². The molecule has 38 heavy (non-hydrogen) atoms. The number of aliphatic imine (C=N–C) groups is 1. The first-order valence-electron chi connectivity index (χ1n) is 11.3. The maximum atomic E-state index is 13.7. The Labute approximate surface area is 243 Å². The number of hydrogen-bond donors (Lipinski definition) is 1. The van der Waals surface area contributed by atoms with Crippen LogP contribution in [0.1, 0.15) is 32.4 Å². The van der Waals surface area contributed by atoms with E-state index in [2.05, 4.69) is 4.99 Å². The van der Waals surface area contributed by atoms with Crippen LogP contribution < -0.4 is 44.1 Å². The molecule has 1 N–H and O–H groups in total. The van der Waals surface area contributed by atoms with Gasteiger partial charge >= 0.3 is 35.5 Å². The van der Waals surface area contributed by atoms with Crippen LogP contribution in [-0.2, 0) is 9.53 Å². The predicted molar refractivity (Wildman–Crippen MR) is 127 cm³/mol. The molecule has 186 valence electrons. The molecule has 2 aliphatic heterocycles. The summed E-state index contributed by atoms with van der Waals surface area (Å²) in [6, 6.07) is 17.0. The zero-order valence-electron chi connectivity index (χ0n) is 19.9. The summed E-state index contributed by atoms with van der Waals surface area (Å²) in [4.78, 5) is 44.2. The molecule has 0 amide bonds. The normalized spacial score (nSPS) is 22.9. The molecule has 11 heteroatoms. The van der Waals surface area contributed by atoms with Crippen LogP contribution in [0, 0.1) is 11.8 Å². The van der Waals surface area contributed by atoms with E-state index in [1.807, 2.05) is 0 Å². The Hall–Kier alpha value is -3.21. The Kier molecular flexibility index (Phi) is 6.83. The molecule has 1 fully saturated rings. The van der Waals surface area contributed by atoms with Crippen LogP contribution in [0.15, 0.2) is 71.7 Å². The van der Waals surface area contributed by atoms with Gasteiger partial charge in [-0.2, -0.15) is 0 Å². The van der Waals surface area contributed by atoms with Gasteiger partial charge in [0.2, 0.25) is 24.0 Å². The Morgan fingerprint density at radius 3 is 2.26 bits per heavy atom. The maximum Gasteiger partial charge on any atom is 1.00 e. The van der Waals surface area contributed by atoms with Gasteiger partial charge < -0.3 is 24.4 Å². The zero-order chi connectivity index (χ0) is 25.9. The number of carbonyl (C=O) groups is 3. The van der Waals surface area contributed by atoms with Gasteiger partial charge in [0.1, 0.15) is 5.92 Å². The van der Waals surface area contributed by atoms with Crippen molar-refractivity contribution in [2.75, 3.05) is 6.79 Å². The molecule has 0 bridgehead atoms. The average Bonchev–Trinajstić information content (AvgIpc) is 3.56. The van der Waals surface area contributed by atoms with Crippen LogP contribution in [0.5, 0.6) is 11.5 Å². The zero-order valence-corrected chi connectivity index (χ0v) is 22.7. The first kappa shape index (κ1) is 26.4. The number of nitrogens with zero attached hydrogens (tertiary/aromatic N) is 1. The number of hydrogen-bond acceptors (Lipinski definition) is 8. The van der Waals surface area contributed by atoms with Gasteiger partial charge in [-0.3, -0.25) is 19.4 Å². The summed E-state index contributed by atoms with van der Waals surface area (Å²) in [5, 5.41) is 24.2. The number of aliphatic carboxylic acids is 1. The first-order valence-corrected chi connectivity index (χ1v) is 11.7. The molecule has 3 aromatic rings. The average molecular weight is 542 g/mol. The number of carboxylic acids is 1. The van der Waals surface area contributed by atoms with Crippen LogP contribution in [0.4, 0.5) is 5.69 Å². The van der Waals surface area contributed by atoms with Crippen molar-refractivity contribution >= 4 is 40.7 Å². The smallest absolute Gasteiger partial charge is 0.861 e. The quantitative estimate of drug-likeness (QED) is 0.217. The van der Waals surface area contributed by atoms with E-state index in [9.17, 15) is 24.6 Å². The van der Waals surface area contributed by atoms with Gasteiger partial charge in [-0.25, -0.2) is 0 Å². The molecule has 1 saturated heterocycles. The van der Waals surface area contributed by atoms with E-state index in [1.54, 1.807) is 42.5 Å². The molecule has 0 unspecified atom stereocenters. The minimum Gasteiger partial charge on any atom is -0.861 e. The monoisotopic (exact) mass is 541 g/mol. The Balaban J connectivity index is 0.00000294. The molecule has 1 aliphatic carbocycles. The molecule has 9 nitrogen and oxygen atoms in total. The number of carboxylic acid groups (broad SMARTS) is 1. The van der Waals surface area contributed by atoms with Crippen LogP contribution in [0.25, 0.3) is 0 Å². The van der Waals surface area contributed by atoms with Crippen molar-refractivity contribution in [3.05, 3.63) is 88.4 Å². The summed E-state index contributed by atoms with van der Waals surface area (Å²) in [7, 11) is 0. The third kappa shape index (κ3) is 3.85. The van der Waals surface area contributed by atoms with E-state index in [1.165, 1.54) is 24.3 Å². The van der Waals surface area contributed by atoms with Crippen LogP contribution in [0.2, 0.25) is 5.02 Å². The fourth-order valence-electron chi connectivity index (χ4n) is 5.27. The number of carbonyl (C=O) groups excluding carboxylic acids is 2. The van der Waals surface area contributed by atoms with Gasteiger partial charge in [0.15, 0.2) is 11.5 Å². The van der Waals surface area contributed by atoms with Crippen molar-refractivity contribution in [3.63, 3.8) is 0 Å². The minimum absolute atomic E-state index is 0. The number of halogens is 1. The van der Waals surface area contributed by atoms with Gasteiger partial charge in [0.25, 0.3) is 0 Å². The molecule has 3 aromatic carbocycles. The van der Waals surface area contributed by atoms with E-state index in [0.717, 1.165) is 0 Å². The second kappa shape index (κ2) is 9.83. The summed E-state index contributed by atoms with van der Waals surface area (Å²) in [6.07, 6.45) is -1.33. The maximum absolute atomic E-state index is 13.7. The van der Waals surface area contributed by atoms with E-state index in [4.69, 9.17) is 25.8 Å². The molecule has 6 rings (SSSR count). The molecule has 0 saturated carbocycles. The van der Waals surface area contributed by atoms with Crippen molar-refractivity contribution in [1.82, 2.24) is 0 Å². The number of benzene rings is 3. The molecule has 3 aliphatic rings. The van der Waals surface area contributed by atoms with Gasteiger partial charge in [-0.05, 0) is 24.1 Å². The number of ether oxygens (including phenoxy) is 3. The standard InChI is InChI=1S/C27H18ClNO8.Na/c28-17-8-4-3-7-16(17)22-20(25(32)29-13-9-10-18-19(11-13)36-12-35-18)21(26(33)34)27(37-22)23(30)14-5-1-2-6-15(14)24(27)31;/h1-11,20-22H,12H2,(H,29,32)(H,33,34);/q;+1/p-1/t20-,21-,22-;/m1./s1. The molecule has 2 heterocycles. The summed E-state index contributed by atoms with van der Waals surface area (Å²) in [5.41, 5.74) is -1.91. The summed E-state index contributed by atoms with van der Waals surface area (Å²) in [6.45, 7) is 0.0200. The Morgan fingerprint density at radius 2 is 1.61 bits per heavy atom. The Bertz CT molecular complexity index is 1490. The number of fused-ring (bicyclic) bond motifs is 2. The van der Waals surface area contributed by atoms with Crippen molar-refractivity contribution in [3.8, 4) is 11.5 Å². The van der Waals surface area contributed by atoms with Gasteiger partial charge in [0.05, 0.1) is 11.8 Å². The van der Waals surface area contributed by atoms with Crippen LogP contribution in [-0.4, -0.2) is 40.9 Å². The second-order valence-electron chi connectivity index (χ2n) is 8.83. The fraction of sp³-hybridized carbons (Fsp3) is 0.185. The molecule has 0 aromatic heterocycles. The molecular formula is C27H17ClNNaO8. The summed E-state index contributed by atoms with van der Waals surface area (Å²) < 4.78 is 16.7. The molecule has 1 spiro atoms. The van der Waals surface area contributed by atoms with Gasteiger partial charge in [-0.15, -0.1) is 0 Å². The largest absolute Gasteiger partial charge is 1.00 e. The van der Waals surface area contributed by atoms with Crippen molar-refractivity contribution < 1.29 is 68.4 Å². The number of rotatable bonds is 4. The third-order valence-electron chi connectivity index (χ3n) is 6.89. The first-order chi connectivity index (χ1) is 17.8. The molecule has 0 radical (unpaired) electrons. The molecule has 3 atom stereocenters.